The summed E-state index contributed by atoms with van der Waals surface area (Å²) in [5.41, 5.74) is 4.70. The molecule has 2 aromatic rings. The van der Waals surface area contributed by atoms with Crippen molar-refractivity contribution in [3.8, 4) is 11.1 Å². The van der Waals surface area contributed by atoms with Crippen LogP contribution in [0.2, 0.25) is 0 Å². The molecule has 0 spiro atoms. The number of nitrogens with one attached hydrogen (secondary N) is 2. The fourth-order valence-corrected chi connectivity index (χ4v) is 4.40. The standard InChI is InChI=1S/C27H34N2O5/c1-17(2)24(15-26(31)32)29-25(30)14-18(3)12-13-28-27(33)34-16-23-21-10-6-4-8-19(21)20-9-5-7-11-22(20)23/h4-11,17-18,23-24H,12-16H2,1-3H3,(H,28,33)(H,29,30)(H,31,32). The second-order valence-corrected chi connectivity index (χ2v) is 9.37. The van der Waals surface area contributed by atoms with Crippen molar-refractivity contribution in [1.82, 2.24) is 10.6 Å². The molecule has 0 bridgehead atoms. The van der Waals surface area contributed by atoms with E-state index in [-0.39, 0.29) is 43.1 Å². The van der Waals surface area contributed by atoms with E-state index < -0.39 is 18.1 Å². The Kier molecular flexibility index (Phi) is 8.68. The van der Waals surface area contributed by atoms with E-state index >= 15 is 0 Å². The SMILES string of the molecule is CC(CCNC(=O)OCC1c2ccccc2-c2ccccc21)CC(=O)NC(CC(=O)O)C(C)C. The average Bonchev–Trinajstić information content (AvgIpc) is 3.10. The van der Waals surface area contributed by atoms with Crippen LogP contribution < -0.4 is 10.6 Å². The Hall–Kier alpha value is -3.35. The summed E-state index contributed by atoms with van der Waals surface area (Å²) in [6, 6.07) is 16.0. The van der Waals surface area contributed by atoms with Crippen molar-refractivity contribution in [2.24, 2.45) is 11.8 Å². The maximum absolute atomic E-state index is 12.3. The third-order valence-electron chi connectivity index (χ3n) is 6.33. The van der Waals surface area contributed by atoms with Gasteiger partial charge in [-0.3, -0.25) is 9.59 Å². The van der Waals surface area contributed by atoms with Crippen molar-refractivity contribution < 1.29 is 24.2 Å². The highest BCUT2D eigenvalue weighted by Crippen LogP contribution is 2.44. The molecule has 2 unspecified atom stereocenters. The molecule has 34 heavy (non-hydrogen) atoms. The average molecular weight is 467 g/mol. The molecular weight excluding hydrogens is 432 g/mol. The van der Waals surface area contributed by atoms with Gasteiger partial charge in [0.15, 0.2) is 0 Å². The van der Waals surface area contributed by atoms with E-state index in [0.717, 1.165) is 0 Å². The topological polar surface area (TPSA) is 105 Å². The number of carboxylic acid groups (broad SMARTS) is 1. The van der Waals surface area contributed by atoms with E-state index in [2.05, 4.69) is 34.9 Å². The second-order valence-electron chi connectivity index (χ2n) is 9.37. The molecule has 0 fully saturated rings. The lowest BCUT2D eigenvalue weighted by atomic mass is 9.98. The van der Waals surface area contributed by atoms with Gasteiger partial charge in [0.2, 0.25) is 5.91 Å². The Balaban J connectivity index is 1.41. The first kappa shape index (κ1) is 25.3. The molecule has 7 nitrogen and oxygen atoms in total. The molecule has 3 rings (SSSR count). The molecule has 0 aromatic heterocycles. The molecule has 182 valence electrons. The lowest BCUT2D eigenvalue weighted by Gasteiger charge is -2.21. The minimum absolute atomic E-state index is 0.0143. The number of benzene rings is 2. The van der Waals surface area contributed by atoms with Crippen LogP contribution in [-0.2, 0) is 14.3 Å². The quantitative estimate of drug-likeness (QED) is 0.450. The number of hydrogen-bond acceptors (Lipinski definition) is 4. The summed E-state index contributed by atoms with van der Waals surface area (Å²) in [5, 5.41) is 14.6. The van der Waals surface area contributed by atoms with Crippen molar-refractivity contribution in [1.29, 1.82) is 0 Å². The summed E-state index contributed by atoms with van der Waals surface area (Å²) in [5.74, 6) is -1.02. The highest BCUT2D eigenvalue weighted by Gasteiger charge is 2.29. The van der Waals surface area contributed by atoms with Crippen LogP contribution in [-0.4, -0.2) is 42.3 Å². The van der Waals surface area contributed by atoms with E-state index in [1.165, 1.54) is 22.3 Å². The van der Waals surface area contributed by atoms with Gasteiger partial charge in [0.25, 0.3) is 0 Å². The van der Waals surface area contributed by atoms with Gasteiger partial charge in [0, 0.05) is 24.9 Å². The lowest BCUT2D eigenvalue weighted by Crippen LogP contribution is -2.40. The predicted molar refractivity (Wildman–Crippen MR) is 130 cm³/mol. The Labute approximate surface area is 200 Å². The summed E-state index contributed by atoms with van der Waals surface area (Å²) >= 11 is 0. The van der Waals surface area contributed by atoms with Crippen molar-refractivity contribution in [3.63, 3.8) is 0 Å². The smallest absolute Gasteiger partial charge is 0.407 e. The fraction of sp³-hybridized carbons (Fsp3) is 0.444. The van der Waals surface area contributed by atoms with Gasteiger partial charge in [0.1, 0.15) is 6.61 Å². The van der Waals surface area contributed by atoms with Gasteiger partial charge in [0.05, 0.1) is 6.42 Å². The van der Waals surface area contributed by atoms with Crippen LogP contribution in [0.4, 0.5) is 4.79 Å². The highest BCUT2D eigenvalue weighted by atomic mass is 16.5. The van der Waals surface area contributed by atoms with Crippen molar-refractivity contribution in [3.05, 3.63) is 59.7 Å². The van der Waals surface area contributed by atoms with Gasteiger partial charge in [-0.05, 0) is 40.5 Å². The van der Waals surface area contributed by atoms with Crippen LogP contribution >= 0.6 is 0 Å². The van der Waals surface area contributed by atoms with Crippen LogP contribution in [0.1, 0.15) is 57.1 Å². The zero-order valence-corrected chi connectivity index (χ0v) is 20.0. The molecule has 3 N–H and O–H groups in total. The number of carbonyl (C=O) groups is 3. The molecule has 0 heterocycles. The molecule has 1 aliphatic carbocycles. The van der Waals surface area contributed by atoms with Crippen molar-refractivity contribution in [2.75, 3.05) is 13.2 Å². The summed E-state index contributed by atoms with van der Waals surface area (Å²) in [7, 11) is 0. The van der Waals surface area contributed by atoms with Crippen LogP contribution in [0.3, 0.4) is 0 Å². The highest BCUT2D eigenvalue weighted by molar-refractivity contribution is 5.79. The predicted octanol–water partition coefficient (Wildman–Crippen LogP) is 4.56. The monoisotopic (exact) mass is 466 g/mol. The second kappa shape index (κ2) is 11.7. The molecule has 0 aliphatic heterocycles. The van der Waals surface area contributed by atoms with Gasteiger partial charge in [-0.2, -0.15) is 0 Å². The Bertz CT molecular complexity index is 974. The maximum Gasteiger partial charge on any atom is 0.407 e. The molecule has 0 saturated heterocycles. The number of alkyl carbamates (subject to hydrolysis) is 1. The van der Waals surface area contributed by atoms with Crippen LogP contribution in [0, 0.1) is 11.8 Å². The molecular formula is C27H34N2O5. The fourth-order valence-electron chi connectivity index (χ4n) is 4.40. The molecule has 0 saturated carbocycles. The molecule has 1 aliphatic rings. The first-order valence-electron chi connectivity index (χ1n) is 11.9. The van der Waals surface area contributed by atoms with Crippen molar-refractivity contribution in [2.45, 2.75) is 52.0 Å². The van der Waals surface area contributed by atoms with Gasteiger partial charge >= 0.3 is 12.1 Å². The number of hydrogen-bond donors (Lipinski definition) is 3. The number of amides is 2. The number of carbonyl (C=O) groups excluding carboxylic acids is 2. The number of carboxylic acids is 1. The van der Waals surface area contributed by atoms with Crippen molar-refractivity contribution >= 4 is 18.0 Å². The zero-order chi connectivity index (χ0) is 24.7. The molecule has 2 aromatic carbocycles. The summed E-state index contributed by atoms with van der Waals surface area (Å²) < 4.78 is 5.53. The summed E-state index contributed by atoms with van der Waals surface area (Å²) in [6.07, 6.45) is 0.319. The van der Waals surface area contributed by atoms with E-state index in [1.807, 2.05) is 45.0 Å². The zero-order valence-electron chi connectivity index (χ0n) is 20.0. The van der Waals surface area contributed by atoms with E-state index in [0.29, 0.717) is 13.0 Å². The summed E-state index contributed by atoms with van der Waals surface area (Å²) in [4.78, 5) is 35.5. The Morgan fingerprint density at radius 1 is 0.941 bits per heavy atom. The molecule has 0 radical (unpaired) electrons. The third kappa shape index (κ3) is 6.59. The van der Waals surface area contributed by atoms with E-state index in [9.17, 15) is 14.4 Å². The number of rotatable bonds is 11. The maximum atomic E-state index is 12.3. The van der Waals surface area contributed by atoms with Crippen LogP contribution in [0.15, 0.2) is 48.5 Å². The largest absolute Gasteiger partial charge is 0.481 e. The molecule has 2 atom stereocenters. The van der Waals surface area contributed by atoms with Crippen LogP contribution in [0.25, 0.3) is 11.1 Å². The minimum Gasteiger partial charge on any atom is -0.481 e. The lowest BCUT2D eigenvalue weighted by molar-refractivity contribution is -0.138. The van der Waals surface area contributed by atoms with E-state index in [4.69, 9.17) is 9.84 Å². The normalized spacial score (nSPS) is 14.1. The first-order valence-corrected chi connectivity index (χ1v) is 11.9. The number of ether oxygens (including phenoxy) is 1. The van der Waals surface area contributed by atoms with Gasteiger partial charge in [-0.15, -0.1) is 0 Å². The number of aliphatic carboxylic acids is 1. The molecule has 2 amide bonds. The first-order chi connectivity index (χ1) is 16.3. The summed E-state index contributed by atoms with van der Waals surface area (Å²) in [6.45, 7) is 6.36. The third-order valence-corrected chi connectivity index (χ3v) is 6.33. The number of fused-ring (bicyclic) bond motifs is 3. The Morgan fingerprint density at radius 3 is 2.09 bits per heavy atom. The van der Waals surface area contributed by atoms with Crippen LogP contribution in [0.5, 0.6) is 0 Å². The minimum atomic E-state index is -0.931. The van der Waals surface area contributed by atoms with E-state index in [1.54, 1.807) is 0 Å². The van der Waals surface area contributed by atoms with Gasteiger partial charge in [-0.1, -0.05) is 69.3 Å². The van der Waals surface area contributed by atoms with Gasteiger partial charge in [-0.25, -0.2) is 4.79 Å². The Morgan fingerprint density at radius 2 is 1.53 bits per heavy atom. The molecule has 7 heteroatoms. The van der Waals surface area contributed by atoms with Gasteiger partial charge < -0.3 is 20.5 Å².